The molecule has 27 heavy (non-hydrogen) atoms. The highest BCUT2D eigenvalue weighted by molar-refractivity contribution is 6.02. The molecule has 1 heterocycles. The van der Waals surface area contributed by atoms with Crippen LogP contribution in [-0.2, 0) is 5.66 Å². The predicted octanol–water partition coefficient (Wildman–Crippen LogP) is 5.26. The Balaban J connectivity index is 1.99. The second-order valence-electron chi connectivity index (χ2n) is 7.90. The minimum absolute atomic E-state index is 0.0707. The molecule has 1 aliphatic heterocycles. The van der Waals surface area contributed by atoms with Crippen molar-refractivity contribution in [1.29, 1.82) is 0 Å². The summed E-state index contributed by atoms with van der Waals surface area (Å²) in [5, 5.41) is 3.62. The molecule has 0 saturated heterocycles. The monoisotopic (exact) mass is 366 g/mol. The molecule has 0 radical (unpaired) electrons. The Morgan fingerprint density at radius 1 is 1.07 bits per heavy atom. The summed E-state index contributed by atoms with van der Waals surface area (Å²) in [6.45, 7) is 11.3. The van der Waals surface area contributed by atoms with E-state index in [1.165, 1.54) is 0 Å². The summed E-state index contributed by atoms with van der Waals surface area (Å²) >= 11 is 0. The summed E-state index contributed by atoms with van der Waals surface area (Å²) in [6.07, 6.45) is 0.890. The molecule has 4 heteroatoms. The van der Waals surface area contributed by atoms with Gasteiger partial charge in [-0.2, -0.15) is 0 Å². The van der Waals surface area contributed by atoms with Gasteiger partial charge in [0.05, 0.1) is 12.2 Å². The van der Waals surface area contributed by atoms with E-state index < -0.39 is 5.66 Å². The van der Waals surface area contributed by atoms with E-state index in [9.17, 15) is 4.79 Å². The Kier molecular flexibility index (Phi) is 5.45. The fourth-order valence-electron chi connectivity index (χ4n) is 3.61. The zero-order valence-corrected chi connectivity index (χ0v) is 17.0. The van der Waals surface area contributed by atoms with Gasteiger partial charge < -0.3 is 15.0 Å². The third-order valence-corrected chi connectivity index (χ3v) is 5.27. The van der Waals surface area contributed by atoms with Gasteiger partial charge >= 0.3 is 0 Å². The normalized spacial score (nSPS) is 20.2. The molecule has 2 aromatic carbocycles. The van der Waals surface area contributed by atoms with Crippen LogP contribution >= 0.6 is 0 Å². The van der Waals surface area contributed by atoms with Crippen molar-refractivity contribution >= 4 is 11.6 Å². The number of hydrogen-bond acceptors (Lipinski definition) is 3. The topological polar surface area (TPSA) is 41.6 Å². The van der Waals surface area contributed by atoms with Crippen molar-refractivity contribution < 1.29 is 9.53 Å². The quantitative estimate of drug-likeness (QED) is 0.758. The lowest BCUT2D eigenvalue weighted by molar-refractivity contribution is 0.0399. The number of amides is 1. The molecule has 0 aliphatic carbocycles. The molecule has 1 aliphatic rings. The molecule has 3 rings (SSSR count). The minimum Gasteiger partial charge on any atom is -0.493 e. The highest BCUT2D eigenvalue weighted by atomic mass is 16.5. The van der Waals surface area contributed by atoms with Gasteiger partial charge in [-0.25, -0.2) is 0 Å². The molecule has 0 bridgehead atoms. The lowest BCUT2D eigenvalue weighted by Crippen LogP contribution is -2.58. The Bertz CT molecular complexity index is 800. The van der Waals surface area contributed by atoms with Gasteiger partial charge in [0.1, 0.15) is 11.4 Å². The van der Waals surface area contributed by atoms with Gasteiger partial charge in [-0.05, 0) is 56.0 Å². The van der Waals surface area contributed by atoms with Crippen LogP contribution in [0.5, 0.6) is 5.75 Å². The average molecular weight is 367 g/mol. The van der Waals surface area contributed by atoms with Crippen LogP contribution in [-0.4, -0.2) is 23.5 Å². The summed E-state index contributed by atoms with van der Waals surface area (Å²) in [6, 6.07) is 15.9. The third-order valence-electron chi connectivity index (χ3n) is 5.27. The van der Waals surface area contributed by atoms with E-state index in [1.807, 2.05) is 41.3 Å². The van der Waals surface area contributed by atoms with Gasteiger partial charge in [0.2, 0.25) is 0 Å². The van der Waals surface area contributed by atoms with Crippen molar-refractivity contribution in [1.82, 2.24) is 4.90 Å². The number of rotatable bonds is 6. The Labute approximate surface area is 162 Å². The third kappa shape index (κ3) is 3.66. The molecular weight excluding hydrogens is 336 g/mol. The van der Waals surface area contributed by atoms with Gasteiger partial charge in [-0.1, -0.05) is 45.0 Å². The number of carbonyl (C=O) groups excluding carboxylic acids is 1. The number of fused-ring (bicyclic) bond motifs is 1. The maximum atomic E-state index is 13.3. The number of benzene rings is 2. The van der Waals surface area contributed by atoms with E-state index in [2.05, 4.69) is 52.1 Å². The van der Waals surface area contributed by atoms with Crippen molar-refractivity contribution in [3.05, 3.63) is 59.7 Å². The SMILES string of the molecule is CCC(C)N1C(=O)c2ccccc2NC1(C)c1ccc(OCC(C)C)cc1. The number of anilines is 1. The molecule has 2 atom stereocenters. The molecule has 144 valence electrons. The smallest absolute Gasteiger partial charge is 0.258 e. The van der Waals surface area contributed by atoms with Gasteiger partial charge in [0, 0.05) is 11.7 Å². The van der Waals surface area contributed by atoms with Crippen LogP contribution in [0.1, 0.15) is 57.0 Å². The summed E-state index contributed by atoms with van der Waals surface area (Å²) in [5.41, 5.74) is 2.04. The zero-order chi connectivity index (χ0) is 19.6. The van der Waals surface area contributed by atoms with E-state index in [1.54, 1.807) is 0 Å². The predicted molar refractivity (Wildman–Crippen MR) is 110 cm³/mol. The maximum Gasteiger partial charge on any atom is 0.258 e. The van der Waals surface area contributed by atoms with Gasteiger partial charge in [0.15, 0.2) is 0 Å². The summed E-state index contributed by atoms with van der Waals surface area (Å²) in [5.74, 6) is 1.41. The second-order valence-corrected chi connectivity index (χ2v) is 7.90. The molecule has 0 fully saturated rings. The van der Waals surface area contributed by atoms with Crippen molar-refractivity contribution in [2.75, 3.05) is 11.9 Å². The summed E-state index contributed by atoms with van der Waals surface area (Å²) in [4.78, 5) is 15.3. The molecule has 0 spiro atoms. The van der Waals surface area contributed by atoms with Crippen LogP contribution in [0.2, 0.25) is 0 Å². The largest absolute Gasteiger partial charge is 0.493 e. The molecule has 1 N–H and O–H groups in total. The zero-order valence-electron chi connectivity index (χ0n) is 17.0. The Morgan fingerprint density at radius 2 is 1.74 bits per heavy atom. The molecule has 4 nitrogen and oxygen atoms in total. The first-order valence-corrected chi connectivity index (χ1v) is 9.81. The maximum absolute atomic E-state index is 13.3. The molecule has 0 saturated carbocycles. The summed E-state index contributed by atoms with van der Waals surface area (Å²) < 4.78 is 5.81. The molecule has 2 unspecified atom stereocenters. The molecule has 1 amide bonds. The van der Waals surface area contributed by atoms with Crippen molar-refractivity contribution in [2.45, 2.75) is 52.7 Å². The first kappa shape index (κ1) is 19.3. The van der Waals surface area contributed by atoms with Gasteiger partial charge in [-0.3, -0.25) is 4.79 Å². The van der Waals surface area contributed by atoms with Crippen LogP contribution in [0.4, 0.5) is 5.69 Å². The van der Waals surface area contributed by atoms with E-state index >= 15 is 0 Å². The highest BCUT2D eigenvalue weighted by Gasteiger charge is 2.44. The van der Waals surface area contributed by atoms with E-state index in [4.69, 9.17) is 4.74 Å². The first-order valence-electron chi connectivity index (χ1n) is 9.81. The van der Waals surface area contributed by atoms with E-state index in [-0.39, 0.29) is 11.9 Å². The lowest BCUT2D eigenvalue weighted by Gasteiger charge is -2.49. The molecule has 0 aromatic heterocycles. The Morgan fingerprint density at radius 3 is 2.37 bits per heavy atom. The number of para-hydroxylation sites is 1. The van der Waals surface area contributed by atoms with Crippen molar-refractivity contribution in [3.63, 3.8) is 0 Å². The van der Waals surface area contributed by atoms with Crippen molar-refractivity contribution in [3.8, 4) is 5.75 Å². The van der Waals surface area contributed by atoms with Crippen LogP contribution in [0.3, 0.4) is 0 Å². The second kappa shape index (κ2) is 7.63. The number of hydrogen-bond donors (Lipinski definition) is 1. The van der Waals surface area contributed by atoms with E-state index in [0.29, 0.717) is 12.5 Å². The average Bonchev–Trinajstić information content (AvgIpc) is 2.66. The van der Waals surface area contributed by atoms with Crippen LogP contribution < -0.4 is 10.1 Å². The van der Waals surface area contributed by atoms with E-state index in [0.717, 1.165) is 29.0 Å². The fourth-order valence-corrected chi connectivity index (χ4v) is 3.61. The highest BCUT2D eigenvalue weighted by Crippen LogP contribution is 2.39. The Hall–Kier alpha value is -2.49. The van der Waals surface area contributed by atoms with Gasteiger partial charge in [-0.15, -0.1) is 0 Å². The van der Waals surface area contributed by atoms with Gasteiger partial charge in [0.25, 0.3) is 5.91 Å². The number of nitrogens with zero attached hydrogens (tertiary/aromatic N) is 1. The molecular formula is C23H30N2O2. The number of carbonyl (C=O) groups is 1. The first-order chi connectivity index (χ1) is 12.9. The standard InChI is InChI=1S/C23H30N2O2/c1-6-17(4)25-22(26)20-9-7-8-10-21(20)24-23(25,5)18-11-13-19(14-12-18)27-15-16(2)3/h7-14,16-17,24H,6,15H2,1-5H3. The van der Waals surface area contributed by atoms with Crippen LogP contribution in [0, 0.1) is 5.92 Å². The minimum atomic E-state index is -0.614. The van der Waals surface area contributed by atoms with Crippen LogP contribution in [0.15, 0.2) is 48.5 Å². The number of nitrogens with one attached hydrogen (secondary N) is 1. The number of ether oxygens (including phenoxy) is 1. The van der Waals surface area contributed by atoms with Crippen molar-refractivity contribution in [2.24, 2.45) is 5.92 Å². The van der Waals surface area contributed by atoms with Crippen LogP contribution in [0.25, 0.3) is 0 Å². The fraction of sp³-hybridized carbons (Fsp3) is 0.435. The molecule has 2 aromatic rings. The summed E-state index contributed by atoms with van der Waals surface area (Å²) in [7, 11) is 0. The lowest BCUT2D eigenvalue weighted by atomic mass is 9.91.